The van der Waals surface area contributed by atoms with Crippen molar-refractivity contribution >= 4 is 0 Å². The molecule has 2 atom stereocenters. The van der Waals surface area contributed by atoms with Gasteiger partial charge in [-0.2, -0.15) is 0 Å². The SMILES string of the molecule is OC1c2ccccc2OCC1N1CCn2ccnc2C1. The molecule has 0 saturated carbocycles. The second-order valence-electron chi connectivity index (χ2n) is 5.37. The van der Waals surface area contributed by atoms with Crippen LogP contribution in [0.4, 0.5) is 0 Å². The van der Waals surface area contributed by atoms with Crippen LogP contribution < -0.4 is 4.74 Å². The predicted octanol–water partition coefficient (Wildman–Crippen LogP) is 1.19. The van der Waals surface area contributed by atoms with Crippen molar-refractivity contribution in [2.24, 2.45) is 0 Å². The average Bonchev–Trinajstić information content (AvgIpc) is 2.95. The first-order valence-corrected chi connectivity index (χ1v) is 6.97. The standard InChI is InChI=1S/C15H17N3O2/c19-15-11-3-1-2-4-13(11)20-10-12(15)18-8-7-17-6-5-16-14(17)9-18/h1-6,12,15,19H,7-10H2. The van der Waals surface area contributed by atoms with Crippen molar-refractivity contribution in [3.05, 3.63) is 48.0 Å². The van der Waals surface area contributed by atoms with Crippen LogP contribution in [0.25, 0.3) is 0 Å². The molecule has 1 aromatic heterocycles. The molecule has 0 fully saturated rings. The van der Waals surface area contributed by atoms with Gasteiger partial charge in [-0.3, -0.25) is 4.90 Å². The number of rotatable bonds is 1. The number of hydrogen-bond acceptors (Lipinski definition) is 4. The largest absolute Gasteiger partial charge is 0.491 e. The molecule has 0 saturated heterocycles. The van der Waals surface area contributed by atoms with Gasteiger partial charge in [0.25, 0.3) is 0 Å². The monoisotopic (exact) mass is 271 g/mol. The zero-order chi connectivity index (χ0) is 13.5. The lowest BCUT2D eigenvalue weighted by Crippen LogP contribution is -2.48. The van der Waals surface area contributed by atoms with Crippen molar-refractivity contribution in [1.29, 1.82) is 0 Å². The zero-order valence-electron chi connectivity index (χ0n) is 11.1. The summed E-state index contributed by atoms with van der Waals surface area (Å²) in [6.07, 6.45) is 3.35. The van der Waals surface area contributed by atoms with Crippen LogP contribution in [-0.2, 0) is 13.1 Å². The molecule has 3 heterocycles. The molecule has 0 bridgehead atoms. The Hall–Kier alpha value is -1.85. The van der Waals surface area contributed by atoms with Crippen LogP contribution >= 0.6 is 0 Å². The molecule has 0 aliphatic carbocycles. The first-order valence-electron chi connectivity index (χ1n) is 6.97. The maximum atomic E-state index is 10.6. The molecule has 20 heavy (non-hydrogen) atoms. The molecule has 2 aliphatic rings. The van der Waals surface area contributed by atoms with E-state index in [0.717, 1.165) is 36.8 Å². The minimum absolute atomic E-state index is 0.00431. The van der Waals surface area contributed by atoms with E-state index in [9.17, 15) is 5.11 Å². The molecule has 2 aliphatic heterocycles. The van der Waals surface area contributed by atoms with Gasteiger partial charge in [-0.25, -0.2) is 4.98 Å². The lowest BCUT2D eigenvalue weighted by atomic mass is 9.97. The van der Waals surface area contributed by atoms with Gasteiger partial charge in [0.05, 0.1) is 12.6 Å². The molecule has 0 spiro atoms. The molecule has 5 heteroatoms. The minimum Gasteiger partial charge on any atom is -0.491 e. The fraction of sp³-hybridized carbons (Fsp3) is 0.400. The molecule has 1 N–H and O–H groups in total. The third kappa shape index (κ3) is 1.82. The molecule has 2 unspecified atom stereocenters. The molecule has 4 rings (SSSR count). The number of hydrogen-bond donors (Lipinski definition) is 1. The van der Waals surface area contributed by atoms with Crippen LogP contribution in [-0.4, -0.2) is 38.8 Å². The highest BCUT2D eigenvalue weighted by atomic mass is 16.5. The number of aromatic nitrogens is 2. The summed E-state index contributed by atoms with van der Waals surface area (Å²) in [5.41, 5.74) is 0.887. The quantitative estimate of drug-likeness (QED) is 0.846. The second-order valence-corrected chi connectivity index (χ2v) is 5.37. The Morgan fingerprint density at radius 3 is 3.10 bits per heavy atom. The van der Waals surface area contributed by atoms with E-state index < -0.39 is 6.10 Å². The van der Waals surface area contributed by atoms with Crippen LogP contribution in [0.1, 0.15) is 17.5 Å². The van der Waals surface area contributed by atoms with Crippen molar-refractivity contribution in [1.82, 2.24) is 14.5 Å². The predicted molar refractivity (Wildman–Crippen MR) is 73.3 cm³/mol. The summed E-state index contributed by atoms with van der Waals surface area (Å²) in [5, 5.41) is 10.6. The van der Waals surface area contributed by atoms with Gasteiger partial charge in [0, 0.05) is 31.0 Å². The Morgan fingerprint density at radius 1 is 1.25 bits per heavy atom. The van der Waals surface area contributed by atoms with E-state index in [4.69, 9.17) is 4.74 Å². The van der Waals surface area contributed by atoms with Gasteiger partial charge in [-0.05, 0) is 6.07 Å². The first-order chi connectivity index (χ1) is 9.83. The number of aliphatic hydroxyl groups is 1. The molecular formula is C15H17N3O2. The molecule has 5 nitrogen and oxygen atoms in total. The Morgan fingerprint density at radius 2 is 2.15 bits per heavy atom. The number of nitrogens with zero attached hydrogens (tertiary/aromatic N) is 3. The van der Waals surface area contributed by atoms with E-state index in [1.54, 1.807) is 0 Å². The fourth-order valence-corrected chi connectivity index (χ4v) is 3.11. The van der Waals surface area contributed by atoms with E-state index in [1.165, 1.54) is 0 Å². The van der Waals surface area contributed by atoms with Gasteiger partial charge in [0.15, 0.2) is 0 Å². The van der Waals surface area contributed by atoms with Gasteiger partial charge >= 0.3 is 0 Å². The molecule has 0 radical (unpaired) electrons. The van der Waals surface area contributed by atoms with E-state index in [-0.39, 0.29) is 6.04 Å². The van der Waals surface area contributed by atoms with Gasteiger partial charge in [0.2, 0.25) is 0 Å². The third-order valence-electron chi connectivity index (χ3n) is 4.26. The number of imidazole rings is 1. The highest BCUT2D eigenvalue weighted by Gasteiger charge is 2.35. The van der Waals surface area contributed by atoms with Crippen LogP contribution in [0.5, 0.6) is 5.75 Å². The molecule has 2 aromatic rings. The lowest BCUT2D eigenvalue weighted by molar-refractivity contribution is -0.00889. The maximum Gasteiger partial charge on any atom is 0.125 e. The summed E-state index contributed by atoms with van der Waals surface area (Å²) in [6, 6.07) is 7.73. The van der Waals surface area contributed by atoms with E-state index in [0.29, 0.717) is 6.61 Å². The number of ether oxygens (including phenoxy) is 1. The van der Waals surface area contributed by atoms with Crippen LogP contribution in [0.2, 0.25) is 0 Å². The van der Waals surface area contributed by atoms with Gasteiger partial charge in [0.1, 0.15) is 24.3 Å². The smallest absolute Gasteiger partial charge is 0.125 e. The summed E-state index contributed by atoms with van der Waals surface area (Å²) >= 11 is 0. The van der Waals surface area contributed by atoms with Crippen LogP contribution in [0, 0.1) is 0 Å². The van der Waals surface area contributed by atoms with Crippen molar-refractivity contribution in [3.63, 3.8) is 0 Å². The van der Waals surface area contributed by atoms with E-state index >= 15 is 0 Å². The topological polar surface area (TPSA) is 50.5 Å². The number of para-hydroxylation sites is 1. The summed E-state index contributed by atoms with van der Waals surface area (Å²) in [5.74, 6) is 1.86. The summed E-state index contributed by atoms with van der Waals surface area (Å²) < 4.78 is 7.97. The summed E-state index contributed by atoms with van der Waals surface area (Å²) in [7, 11) is 0. The average molecular weight is 271 g/mol. The Bertz CT molecular complexity index is 625. The third-order valence-corrected chi connectivity index (χ3v) is 4.26. The Labute approximate surface area is 117 Å². The van der Waals surface area contributed by atoms with Crippen LogP contribution in [0.3, 0.4) is 0 Å². The van der Waals surface area contributed by atoms with Crippen molar-refractivity contribution < 1.29 is 9.84 Å². The van der Waals surface area contributed by atoms with Crippen LogP contribution in [0.15, 0.2) is 36.7 Å². The van der Waals surface area contributed by atoms with Gasteiger partial charge < -0.3 is 14.4 Å². The van der Waals surface area contributed by atoms with E-state index in [1.807, 2.05) is 36.7 Å². The normalized spacial score (nSPS) is 25.6. The fourth-order valence-electron chi connectivity index (χ4n) is 3.11. The van der Waals surface area contributed by atoms with Gasteiger partial charge in [-0.15, -0.1) is 0 Å². The summed E-state index contributed by atoms with van der Waals surface area (Å²) in [6.45, 7) is 3.12. The molecule has 1 aromatic carbocycles. The lowest BCUT2D eigenvalue weighted by Gasteiger charge is -2.40. The summed E-state index contributed by atoms with van der Waals surface area (Å²) in [4.78, 5) is 6.64. The molecule has 104 valence electrons. The molecular weight excluding hydrogens is 254 g/mol. The number of benzene rings is 1. The minimum atomic E-state index is -0.499. The first kappa shape index (κ1) is 11.9. The molecule has 0 amide bonds. The number of aliphatic hydroxyl groups excluding tert-OH is 1. The number of fused-ring (bicyclic) bond motifs is 2. The van der Waals surface area contributed by atoms with Crippen molar-refractivity contribution in [2.45, 2.75) is 25.2 Å². The highest BCUT2D eigenvalue weighted by molar-refractivity contribution is 5.37. The van der Waals surface area contributed by atoms with E-state index in [2.05, 4.69) is 14.5 Å². The Balaban J connectivity index is 1.59. The Kier molecular flexibility index (Phi) is 2.75. The highest BCUT2D eigenvalue weighted by Crippen LogP contribution is 2.34. The van der Waals surface area contributed by atoms with Gasteiger partial charge in [-0.1, -0.05) is 18.2 Å². The zero-order valence-corrected chi connectivity index (χ0v) is 11.1. The maximum absolute atomic E-state index is 10.6. The van der Waals surface area contributed by atoms with Crippen molar-refractivity contribution in [2.75, 3.05) is 13.2 Å². The second kappa shape index (κ2) is 4.61. The van der Waals surface area contributed by atoms with Crippen molar-refractivity contribution in [3.8, 4) is 5.75 Å².